The summed E-state index contributed by atoms with van der Waals surface area (Å²) >= 11 is 0. The van der Waals surface area contributed by atoms with Gasteiger partial charge < -0.3 is 28.6 Å². The van der Waals surface area contributed by atoms with Crippen molar-refractivity contribution < 1.29 is 33.3 Å². The number of carbonyl (C=O) groups is 2. The van der Waals surface area contributed by atoms with Gasteiger partial charge in [0.05, 0.1) is 19.6 Å². The van der Waals surface area contributed by atoms with Gasteiger partial charge in [-0.15, -0.1) is 0 Å². The van der Waals surface area contributed by atoms with Crippen molar-refractivity contribution in [3.8, 4) is 11.5 Å². The molecule has 1 fully saturated rings. The Kier molecular flexibility index (Phi) is 5.09. The number of carbonyl (C=O) groups excluding carboxylic acids is 2. The van der Waals surface area contributed by atoms with Crippen LogP contribution in [0, 0.1) is 5.92 Å². The molecule has 0 saturated heterocycles. The zero-order chi connectivity index (χ0) is 21.5. The van der Waals surface area contributed by atoms with E-state index in [1.54, 1.807) is 12.0 Å². The van der Waals surface area contributed by atoms with Gasteiger partial charge in [-0.1, -0.05) is 26.1 Å². The number of rotatable bonds is 4. The Morgan fingerprint density at radius 3 is 2.73 bits per heavy atom. The van der Waals surface area contributed by atoms with E-state index in [0.717, 1.165) is 23.7 Å². The minimum absolute atomic E-state index is 0.0673. The lowest BCUT2D eigenvalue weighted by molar-refractivity contribution is 0.0258. The number of hydrogen-bond acceptors (Lipinski definition) is 7. The lowest BCUT2D eigenvalue weighted by Gasteiger charge is -2.33. The van der Waals surface area contributed by atoms with Crippen LogP contribution in [-0.4, -0.2) is 43.0 Å². The summed E-state index contributed by atoms with van der Waals surface area (Å²) in [4.78, 5) is 26.0. The lowest BCUT2D eigenvalue weighted by Crippen LogP contribution is -2.41. The third-order valence-electron chi connectivity index (χ3n) is 6.57. The highest BCUT2D eigenvalue weighted by Crippen LogP contribution is 2.61. The summed E-state index contributed by atoms with van der Waals surface area (Å²) in [6.45, 7) is 9.75. The molecular weight excluding hydrogens is 390 g/mol. The van der Waals surface area contributed by atoms with Gasteiger partial charge in [0.2, 0.25) is 0 Å². The third-order valence-corrected chi connectivity index (χ3v) is 6.57. The molecule has 0 N–H and O–H groups in total. The van der Waals surface area contributed by atoms with Crippen LogP contribution < -0.4 is 9.47 Å². The smallest absolute Gasteiger partial charge is 0.493 e. The SMILES string of the molecule is C=COC(=O)O[C@@H]1C[C@@H]2Oc3c(OC)ccc4c3[C@]2(CCN(C(=O)OC=C)C4)C1C. The summed E-state index contributed by atoms with van der Waals surface area (Å²) < 4.78 is 27.2. The molecule has 1 aromatic carbocycles. The minimum Gasteiger partial charge on any atom is -0.493 e. The fourth-order valence-corrected chi connectivity index (χ4v) is 5.25. The first-order valence-electron chi connectivity index (χ1n) is 9.87. The van der Waals surface area contributed by atoms with Gasteiger partial charge in [0.15, 0.2) is 11.5 Å². The van der Waals surface area contributed by atoms with E-state index in [1.807, 2.05) is 19.1 Å². The van der Waals surface area contributed by atoms with Crippen molar-refractivity contribution in [1.29, 1.82) is 0 Å². The van der Waals surface area contributed by atoms with Crippen LogP contribution in [0.2, 0.25) is 0 Å². The van der Waals surface area contributed by atoms with Crippen molar-refractivity contribution in [2.24, 2.45) is 5.92 Å². The van der Waals surface area contributed by atoms with E-state index in [0.29, 0.717) is 37.4 Å². The lowest BCUT2D eigenvalue weighted by atomic mass is 9.69. The number of benzene rings is 1. The van der Waals surface area contributed by atoms with Crippen LogP contribution in [0.25, 0.3) is 0 Å². The molecule has 1 aromatic rings. The van der Waals surface area contributed by atoms with E-state index in [9.17, 15) is 9.59 Å². The largest absolute Gasteiger partial charge is 0.513 e. The Morgan fingerprint density at radius 2 is 2.03 bits per heavy atom. The molecule has 8 nitrogen and oxygen atoms in total. The molecule has 1 amide bonds. The molecule has 1 saturated carbocycles. The van der Waals surface area contributed by atoms with Crippen molar-refractivity contribution in [1.82, 2.24) is 4.90 Å². The molecule has 8 heteroatoms. The van der Waals surface area contributed by atoms with Gasteiger partial charge in [-0.3, -0.25) is 0 Å². The average molecular weight is 415 g/mol. The molecule has 4 rings (SSSR count). The zero-order valence-electron chi connectivity index (χ0n) is 17.1. The first kappa shape index (κ1) is 20.1. The Labute approximate surface area is 175 Å². The van der Waals surface area contributed by atoms with Gasteiger partial charge >= 0.3 is 12.2 Å². The van der Waals surface area contributed by atoms with Crippen molar-refractivity contribution in [3.05, 3.63) is 48.9 Å². The van der Waals surface area contributed by atoms with Crippen molar-refractivity contribution in [2.75, 3.05) is 13.7 Å². The summed E-state index contributed by atoms with van der Waals surface area (Å²) in [5.41, 5.74) is 1.56. The highest BCUT2D eigenvalue weighted by atomic mass is 16.7. The maximum Gasteiger partial charge on any atom is 0.513 e. The van der Waals surface area contributed by atoms with Crippen LogP contribution in [0.1, 0.15) is 30.9 Å². The molecule has 2 aliphatic heterocycles. The first-order chi connectivity index (χ1) is 14.5. The molecule has 0 aromatic heterocycles. The second kappa shape index (κ2) is 7.59. The number of hydrogen-bond donors (Lipinski definition) is 0. The topological polar surface area (TPSA) is 83.5 Å². The third kappa shape index (κ3) is 2.89. The number of nitrogens with zero attached hydrogens (tertiary/aromatic N) is 1. The normalized spacial score (nSPS) is 28.3. The fraction of sp³-hybridized carbons (Fsp3) is 0.455. The summed E-state index contributed by atoms with van der Waals surface area (Å²) in [6.07, 6.45) is 1.50. The summed E-state index contributed by atoms with van der Waals surface area (Å²) in [5, 5.41) is 0. The number of ether oxygens (including phenoxy) is 5. The fourth-order valence-electron chi connectivity index (χ4n) is 5.25. The maximum atomic E-state index is 12.4. The molecule has 1 spiro atoms. The molecule has 1 unspecified atom stereocenters. The molecule has 2 heterocycles. The van der Waals surface area contributed by atoms with Crippen molar-refractivity contribution >= 4 is 12.2 Å². The predicted molar refractivity (Wildman–Crippen MR) is 106 cm³/mol. The molecule has 160 valence electrons. The summed E-state index contributed by atoms with van der Waals surface area (Å²) in [7, 11) is 1.60. The Hall–Kier alpha value is -3.16. The second-order valence-corrected chi connectivity index (χ2v) is 7.72. The van der Waals surface area contributed by atoms with E-state index in [2.05, 4.69) is 13.2 Å². The predicted octanol–water partition coefficient (Wildman–Crippen LogP) is 3.88. The van der Waals surface area contributed by atoms with Crippen LogP contribution in [0.15, 0.2) is 37.8 Å². The Morgan fingerprint density at radius 1 is 1.27 bits per heavy atom. The highest BCUT2D eigenvalue weighted by molar-refractivity contribution is 5.69. The van der Waals surface area contributed by atoms with Crippen LogP contribution in [0.4, 0.5) is 9.59 Å². The highest BCUT2D eigenvalue weighted by Gasteiger charge is 2.63. The van der Waals surface area contributed by atoms with Crippen LogP contribution in [0.5, 0.6) is 11.5 Å². The molecular formula is C22H25NO7. The van der Waals surface area contributed by atoms with Crippen molar-refractivity contribution in [2.45, 2.75) is 43.9 Å². The quantitative estimate of drug-likeness (QED) is 0.545. The summed E-state index contributed by atoms with van der Waals surface area (Å²) in [5.74, 6) is 1.29. The zero-order valence-corrected chi connectivity index (χ0v) is 17.1. The standard InChI is InChI=1S/C22H25NO7/c1-5-27-20(24)23-10-9-22-13(3)16(29-21(25)28-6-2)11-17(22)30-19-15(26-4)8-7-14(12-23)18(19)22/h5-8,13,16-17H,1-2,9-12H2,3-4H3/t13?,16-,17+,22-/m1/s1. The molecule has 30 heavy (non-hydrogen) atoms. The number of methoxy groups -OCH3 is 1. The van der Waals surface area contributed by atoms with E-state index in [1.165, 1.54) is 0 Å². The van der Waals surface area contributed by atoms with Crippen LogP contribution in [0.3, 0.4) is 0 Å². The molecule has 0 bridgehead atoms. The Balaban J connectivity index is 1.75. The number of amides is 1. The van der Waals surface area contributed by atoms with Gasteiger partial charge in [-0.25, -0.2) is 9.59 Å². The maximum absolute atomic E-state index is 12.4. The van der Waals surface area contributed by atoms with Gasteiger partial charge in [-0.05, 0) is 18.1 Å². The van der Waals surface area contributed by atoms with E-state index >= 15 is 0 Å². The minimum atomic E-state index is -0.783. The van der Waals surface area contributed by atoms with E-state index in [4.69, 9.17) is 23.7 Å². The van der Waals surface area contributed by atoms with E-state index in [-0.39, 0.29) is 18.1 Å². The molecule has 4 atom stereocenters. The first-order valence-corrected chi connectivity index (χ1v) is 9.87. The summed E-state index contributed by atoms with van der Waals surface area (Å²) in [6, 6.07) is 3.81. The van der Waals surface area contributed by atoms with Crippen LogP contribution >= 0.6 is 0 Å². The van der Waals surface area contributed by atoms with Gasteiger partial charge in [0, 0.05) is 36.4 Å². The Bertz CT molecular complexity index is 898. The molecule has 3 aliphatic rings. The monoisotopic (exact) mass is 415 g/mol. The average Bonchev–Trinajstić information content (AvgIpc) is 3.08. The van der Waals surface area contributed by atoms with Crippen molar-refractivity contribution in [3.63, 3.8) is 0 Å². The second-order valence-electron chi connectivity index (χ2n) is 7.72. The van der Waals surface area contributed by atoms with Gasteiger partial charge in [-0.2, -0.15) is 0 Å². The van der Waals surface area contributed by atoms with Gasteiger partial charge in [0.25, 0.3) is 0 Å². The molecule has 0 radical (unpaired) electrons. The molecule has 1 aliphatic carbocycles. The van der Waals surface area contributed by atoms with E-state index < -0.39 is 17.7 Å². The van der Waals surface area contributed by atoms with Crippen LogP contribution in [-0.2, 0) is 26.2 Å². The van der Waals surface area contributed by atoms with Gasteiger partial charge in [0.1, 0.15) is 12.2 Å².